The van der Waals surface area contributed by atoms with Gasteiger partial charge in [-0.2, -0.15) is 5.10 Å². The first-order chi connectivity index (χ1) is 13.3. The second-order valence-electron chi connectivity index (χ2n) is 7.40. The molecule has 1 saturated heterocycles. The molecule has 0 unspecified atom stereocenters. The molecule has 0 bridgehead atoms. The fourth-order valence-electron chi connectivity index (χ4n) is 3.88. The Morgan fingerprint density at radius 2 is 2.00 bits per heavy atom. The van der Waals surface area contributed by atoms with E-state index in [9.17, 15) is 4.79 Å². The summed E-state index contributed by atoms with van der Waals surface area (Å²) in [5.74, 6) is 1.29. The molecule has 3 heterocycles. The SMILES string of the molecule is O=C(NCC1CN(c2cc3c(nn2)CCC3)C1)c1ccc2ccccc2n1. The third kappa shape index (κ3) is 3.12. The zero-order valence-corrected chi connectivity index (χ0v) is 15.1. The molecule has 3 aromatic rings. The third-order valence-electron chi connectivity index (χ3n) is 5.47. The van der Waals surface area contributed by atoms with Gasteiger partial charge in [0.05, 0.1) is 11.2 Å². The van der Waals surface area contributed by atoms with Gasteiger partial charge in [-0.3, -0.25) is 4.79 Å². The second-order valence-corrected chi connectivity index (χ2v) is 7.40. The van der Waals surface area contributed by atoms with Crippen LogP contribution in [0, 0.1) is 5.92 Å². The first-order valence-electron chi connectivity index (χ1n) is 9.51. The molecule has 0 radical (unpaired) electrons. The van der Waals surface area contributed by atoms with Gasteiger partial charge >= 0.3 is 0 Å². The second kappa shape index (κ2) is 6.61. The molecule has 6 nitrogen and oxygen atoms in total. The zero-order valence-electron chi connectivity index (χ0n) is 15.1. The van der Waals surface area contributed by atoms with Crippen molar-refractivity contribution in [2.75, 3.05) is 24.5 Å². The van der Waals surface area contributed by atoms with Crippen LogP contribution in [-0.4, -0.2) is 40.7 Å². The summed E-state index contributed by atoms with van der Waals surface area (Å²) in [7, 11) is 0. The molecule has 136 valence electrons. The Balaban J connectivity index is 1.16. The van der Waals surface area contributed by atoms with Crippen molar-refractivity contribution in [2.45, 2.75) is 19.3 Å². The number of nitrogens with one attached hydrogen (secondary N) is 1. The van der Waals surface area contributed by atoms with Gasteiger partial charge in [-0.1, -0.05) is 24.3 Å². The third-order valence-corrected chi connectivity index (χ3v) is 5.47. The smallest absolute Gasteiger partial charge is 0.269 e. The number of hydrogen-bond acceptors (Lipinski definition) is 5. The Hall–Kier alpha value is -3.02. The molecule has 1 N–H and O–H groups in total. The molecule has 6 heteroatoms. The molecular formula is C21H21N5O. The van der Waals surface area contributed by atoms with Crippen LogP contribution in [0.3, 0.4) is 0 Å². The lowest BCUT2D eigenvalue weighted by Crippen LogP contribution is -2.52. The number of para-hydroxylation sites is 1. The van der Waals surface area contributed by atoms with Crippen LogP contribution in [0.5, 0.6) is 0 Å². The number of pyridine rings is 1. The van der Waals surface area contributed by atoms with E-state index < -0.39 is 0 Å². The minimum atomic E-state index is -0.114. The Labute approximate surface area is 157 Å². The quantitative estimate of drug-likeness (QED) is 0.774. The number of hydrogen-bond donors (Lipinski definition) is 1. The lowest BCUT2D eigenvalue weighted by molar-refractivity contribution is 0.0940. The first-order valence-corrected chi connectivity index (χ1v) is 9.51. The van der Waals surface area contributed by atoms with Gasteiger partial charge in [-0.15, -0.1) is 5.10 Å². The fourth-order valence-corrected chi connectivity index (χ4v) is 3.88. The fraction of sp³-hybridized carbons (Fsp3) is 0.333. The Morgan fingerprint density at radius 1 is 1.11 bits per heavy atom. The molecule has 2 aliphatic rings. The Bertz CT molecular complexity index is 1010. The molecule has 1 aliphatic heterocycles. The number of anilines is 1. The summed E-state index contributed by atoms with van der Waals surface area (Å²) < 4.78 is 0. The number of aromatic nitrogens is 3. The van der Waals surface area contributed by atoms with Crippen molar-refractivity contribution in [1.29, 1.82) is 0 Å². The van der Waals surface area contributed by atoms with Crippen LogP contribution in [0.15, 0.2) is 42.5 Å². The van der Waals surface area contributed by atoms with E-state index in [2.05, 4.69) is 31.5 Å². The van der Waals surface area contributed by atoms with Crippen molar-refractivity contribution in [3.05, 3.63) is 59.4 Å². The maximum atomic E-state index is 12.4. The lowest BCUT2D eigenvalue weighted by Gasteiger charge is -2.40. The Morgan fingerprint density at radius 3 is 2.93 bits per heavy atom. The summed E-state index contributed by atoms with van der Waals surface area (Å²) in [6.45, 7) is 2.46. The number of fused-ring (bicyclic) bond motifs is 2. The van der Waals surface area contributed by atoms with Crippen molar-refractivity contribution in [2.24, 2.45) is 5.92 Å². The predicted molar refractivity (Wildman–Crippen MR) is 104 cm³/mol. The maximum Gasteiger partial charge on any atom is 0.269 e. The van der Waals surface area contributed by atoms with Gasteiger partial charge in [0.25, 0.3) is 5.91 Å². The molecule has 5 rings (SSSR count). The molecule has 2 aromatic heterocycles. The molecule has 0 saturated carbocycles. The summed E-state index contributed by atoms with van der Waals surface area (Å²) in [5.41, 5.74) is 3.81. The van der Waals surface area contributed by atoms with Gasteiger partial charge in [-0.05, 0) is 43.0 Å². The zero-order chi connectivity index (χ0) is 18.2. The van der Waals surface area contributed by atoms with E-state index in [4.69, 9.17) is 0 Å². The number of carbonyl (C=O) groups excluding carboxylic acids is 1. The number of carbonyl (C=O) groups is 1. The van der Waals surface area contributed by atoms with Crippen LogP contribution in [0.25, 0.3) is 10.9 Å². The molecule has 27 heavy (non-hydrogen) atoms. The molecule has 0 spiro atoms. The molecule has 1 amide bonds. The van der Waals surface area contributed by atoms with E-state index in [0.29, 0.717) is 18.2 Å². The Kier molecular flexibility index (Phi) is 3.96. The van der Waals surface area contributed by atoms with E-state index in [1.807, 2.05) is 30.3 Å². The summed E-state index contributed by atoms with van der Waals surface area (Å²) in [6.07, 6.45) is 3.36. The van der Waals surface area contributed by atoms with Crippen LogP contribution in [-0.2, 0) is 12.8 Å². The molecular weight excluding hydrogens is 338 g/mol. The molecule has 1 aliphatic carbocycles. The van der Waals surface area contributed by atoms with E-state index in [-0.39, 0.29) is 5.91 Å². The average Bonchev–Trinajstić information content (AvgIpc) is 3.14. The van der Waals surface area contributed by atoms with Gasteiger partial charge < -0.3 is 10.2 Å². The van der Waals surface area contributed by atoms with Gasteiger partial charge in [0.15, 0.2) is 5.82 Å². The van der Waals surface area contributed by atoms with Gasteiger partial charge in [0.1, 0.15) is 5.69 Å². The minimum Gasteiger partial charge on any atom is -0.354 e. The molecule has 0 atom stereocenters. The number of benzene rings is 1. The highest BCUT2D eigenvalue weighted by molar-refractivity contribution is 5.94. The number of rotatable bonds is 4. The van der Waals surface area contributed by atoms with Crippen LogP contribution in [0.1, 0.15) is 28.2 Å². The molecule has 1 fully saturated rings. The van der Waals surface area contributed by atoms with E-state index in [1.54, 1.807) is 6.07 Å². The van der Waals surface area contributed by atoms with Crippen LogP contribution in [0.4, 0.5) is 5.82 Å². The first kappa shape index (κ1) is 16.2. The van der Waals surface area contributed by atoms with Crippen LogP contribution < -0.4 is 10.2 Å². The number of nitrogens with zero attached hydrogens (tertiary/aromatic N) is 4. The highest BCUT2D eigenvalue weighted by atomic mass is 16.1. The maximum absolute atomic E-state index is 12.4. The standard InChI is InChI=1S/C21H21N5O/c27-21(19-9-8-15-4-1-2-6-17(15)23-19)22-11-14-12-26(13-14)20-10-16-5-3-7-18(16)24-25-20/h1-2,4,6,8-10,14H,3,5,7,11-13H2,(H,22,27). The van der Waals surface area contributed by atoms with Gasteiger partial charge in [0.2, 0.25) is 0 Å². The van der Waals surface area contributed by atoms with E-state index in [1.165, 1.54) is 12.0 Å². The van der Waals surface area contributed by atoms with Crippen LogP contribution in [0.2, 0.25) is 0 Å². The van der Waals surface area contributed by atoms with Crippen molar-refractivity contribution in [1.82, 2.24) is 20.5 Å². The summed E-state index contributed by atoms with van der Waals surface area (Å²) in [4.78, 5) is 19.1. The van der Waals surface area contributed by atoms with Gasteiger partial charge in [-0.25, -0.2) is 4.98 Å². The minimum absolute atomic E-state index is 0.114. The van der Waals surface area contributed by atoms with Crippen LogP contribution >= 0.6 is 0 Å². The van der Waals surface area contributed by atoms with E-state index >= 15 is 0 Å². The van der Waals surface area contributed by atoms with Crippen molar-refractivity contribution in [3.63, 3.8) is 0 Å². The molecule has 1 aromatic carbocycles. The van der Waals surface area contributed by atoms with Crippen molar-refractivity contribution >= 4 is 22.6 Å². The summed E-state index contributed by atoms with van der Waals surface area (Å²) >= 11 is 0. The summed E-state index contributed by atoms with van der Waals surface area (Å²) in [6, 6.07) is 13.7. The van der Waals surface area contributed by atoms with Crippen molar-refractivity contribution < 1.29 is 4.79 Å². The highest BCUT2D eigenvalue weighted by Crippen LogP contribution is 2.26. The topological polar surface area (TPSA) is 71.0 Å². The average molecular weight is 359 g/mol. The number of aryl methyl sites for hydroxylation is 2. The highest BCUT2D eigenvalue weighted by Gasteiger charge is 2.29. The largest absolute Gasteiger partial charge is 0.354 e. The normalized spacial score (nSPS) is 16.2. The summed E-state index contributed by atoms with van der Waals surface area (Å²) in [5, 5.41) is 12.8. The van der Waals surface area contributed by atoms with Gasteiger partial charge in [0, 0.05) is 30.9 Å². The number of amides is 1. The lowest BCUT2D eigenvalue weighted by atomic mass is 10.00. The van der Waals surface area contributed by atoms with Crippen molar-refractivity contribution in [3.8, 4) is 0 Å². The predicted octanol–water partition coefficient (Wildman–Crippen LogP) is 2.38. The monoisotopic (exact) mass is 359 g/mol. The van der Waals surface area contributed by atoms with E-state index in [0.717, 1.165) is 48.3 Å².